The van der Waals surface area contributed by atoms with Gasteiger partial charge in [-0.1, -0.05) is 11.6 Å². The van der Waals surface area contributed by atoms with Gasteiger partial charge in [-0.3, -0.25) is 0 Å². The lowest BCUT2D eigenvalue weighted by Crippen LogP contribution is -2.44. The molecule has 19 heavy (non-hydrogen) atoms. The summed E-state index contributed by atoms with van der Waals surface area (Å²) in [6.45, 7) is 1.63. The van der Waals surface area contributed by atoms with E-state index in [2.05, 4.69) is 10.3 Å². The summed E-state index contributed by atoms with van der Waals surface area (Å²) in [4.78, 5) is 3.77. The lowest BCUT2D eigenvalue weighted by Gasteiger charge is -2.31. The van der Waals surface area contributed by atoms with Crippen molar-refractivity contribution < 1.29 is 8.42 Å². The van der Waals surface area contributed by atoms with Gasteiger partial charge < -0.3 is 11.1 Å². The Kier molecular flexibility index (Phi) is 4.29. The molecule has 0 aromatic carbocycles. The van der Waals surface area contributed by atoms with E-state index in [1.165, 1.54) is 16.6 Å². The number of sulfonamides is 1. The van der Waals surface area contributed by atoms with Crippen LogP contribution in [0.4, 0.5) is 5.82 Å². The highest BCUT2D eigenvalue weighted by molar-refractivity contribution is 7.89. The van der Waals surface area contributed by atoms with Crippen molar-refractivity contribution in [2.75, 3.05) is 25.9 Å². The van der Waals surface area contributed by atoms with Gasteiger partial charge in [-0.05, 0) is 32.0 Å². The molecule has 8 heteroatoms. The first-order valence-electron chi connectivity index (χ1n) is 6.02. The molecule has 0 aliphatic carbocycles. The summed E-state index contributed by atoms with van der Waals surface area (Å²) in [5.74, 6) is -0.0230. The number of nitrogen functional groups attached to an aromatic ring is 1. The first-order valence-corrected chi connectivity index (χ1v) is 7.84. The fraction of sp³-hybridized carbons (Fsp3) is 0.545. The number of nitrogens with one attached hydrogen (secondary N) is 1. The highest BCUT2D eigenvalue weighted by Crippen LogP contribution is 2.26. The average molecular weight is 305 g/mol. The van der Waals surface area contributed by atoms with Crippen molar-refractivity contribution >= 4 is 27.4 Å². The van der Waals surface area contributed by atoms with Crippen LogP contribution in [0.15, 0.2) is 17.2 Å². The minimum atomic E-state index is -3.66. The molecule has 1 aromatic rings. The molecule has 0 radical (unpaired) electrons. The van der Waals surface area contributed by atoms with Gasteiger partial charge >= 0.3 is 0 Å². The predicted molar refractivity (Wildman–Crippen MR) is 74.5 cm³/mol. The maximum atomic E-state index is 12.5. The van der Waals surface area contributed by atoms with Gasteiger partial charge in [0.25, 0.3) is 0 Å². The number of halogens is 1. The van der Waals surface area contributed by atoms with E-state index in [0.717, 1.165) is 25.9 Å². The van der Waals surface area contributed by atoms with Crippen LogP contribution in [-0.2, 0) is 10.0 Å². The average Bonchev–Trinajstić information content (AvgIpc) is 2.41. The van der Waals surface area contributed by atoms with Gasteiger partial charge in [-0.25, -0.2) is 13.4 Å². The predicted octanol–water partition coefficient (Wildman–Crippen LogP) is 0.690. The molecule has 106 valence electrons. The minimum Gasteiger partial charge on any atom is -0.383 e. The second kappa shape index (κ2) is 5.62. The lowest BCUT2D eigenvalue weighted by molar-refractivity contribution is 0.296. The molecule has 1 aliphatic heterocycles. The van der Waals surface area contributed by atoms with Crippen molar-refractivity contribution in [3.8, 4) is 0 Å². The van der Waals surface area contributed by atoms with Crippen molar-refractivity contribution in [2.45, 2.75) is 23.8 Å². The van der Waals surface area contributed by atoms with Gasteiger partial charge in [0.1, 0.15) is 10.7 Å². The number of pyridine rings is 1. The smallest absolute Gasteiger partial charge is 0.246 e. The van der Waals surface area contributed by atoms with Crippen molar-refractivity contribution in [3.05, 3.63) is 17.3 Å². The van der Waals surface area contributed by atoms with Crippen LogP contribution in [-0.4, -0.2) is 43.9 Å². The topological polar surface area (TPSA) is 88.3 Å². The number of nitrogens with zero attached hydrogens (tertiary/aromatic N) is 2. The molecule has 6 nitrogen and oxygen atoms in total. The number of rotatable bonds is 3. The number of hydrogen-bond acceptors (Lipinski definition) is 5. The van der Waals surface area contributed by atoms with Crippen molar-refractivity contribution in [1.82, 2.24) is 14.6 Å². The van der Waals surface area contributed by atoms with Crippen LogP contribution < -0.4 is 11.1 Å². The zero-order valence-electron chi connectivity index (χ0n) is 10.6. The Balaban J connectivity index is 2.33. The molecular formula is C11H17ClN4O2S. The second-order valence-corrected chi connectivity index (χ2v) is 6.94. The fourth-order valence-electron chi connectivity index (χ4n) is 2.16. The molecule has 0 saturated carbocycles. The van der Waals surface area contributed by atoms with Gasteiger partial charge in [-0.2, -0.15) is 4.31 Å². The molecule has 0 unspecified atom stereocenters. The minimum absolute atomic E-state index is 0.0230. The van der Waals surface area contributed by atoms with Crippen LogP contribution in [0.3, 0.4) is 0 Å². The number of anilines is 1. The first-order chi connectivity index (χ1) is 8.93. The van der Waals surface area contributed by atoms with E-state index >= 15 is 0 Å². The molecule has 0 amide bonds. The summed E-state index contributed by atoms with van der Waals surface area (Å²) >= 11 is 5.80. The van der Waals surface area contributed by atoms with E-state index < -0.39 is 10.0 Å². The van der Waals surface area contributed by atoms with E-state index in [1.54, 1.807) is 7.05 Å². The van der Waals surface area contributed by atoms with Crippen LogP contribution in [0.25, 0.3) is 0 Å². The van der Waals surface area contributed by atoms with Gasteiger partial charge in [-0.15, -0.1) is 0 Å². The van der Waals surface area contributed by atoms with Gasteiger partial charge in [0.15, 0.2) is 0 Å². The third kappa shape index (κ3) is 3.00. The van der Waals surface area contributed by atoms with Gasteiger partial charge in [0.2, 0.25) is 10.0 Å². The van der Waals surface area contributed by atoms with Crippen molar-refractivity contribution in [2.24, 2.45) is 0 Å². The molecule has 3 N–H and O–H groups in total. The Morgan fingerprint density at radius 2 is 2.11 bits per heavy atom. The highest BCUT2D eigenvalue weighted by Gasteiger charge is 2.30. The quantitative estimate of drug-likeness (QED) is 0.858. The molecule has 1 aliphatic rings. The molecule has 0 atom stereocenters. The van der Waals surface area contributed by atoms with Crippen LogP contribution in [0.5, 0.6) is 0 Å². The Hall–Kier alpha value is -0.890. The Morgan fingerprint density at radius 3 is 2.74 bits per heavy atom. The van der Waals surface area contributed by atoms with Gasteiger partial charge in [0.05, 0.1) is 5.02 Å². The van der Waals surface area contributed by atoms with Crippen LogP contribution in [0.2, 0.25) is 5.02 Å². The molecule has 2 heterocycles. The molecule has 0 bridgehead atoms. The summed E-state index contributed by atoms with van der Waals surface area (Å²) in [5.41, 5.74) is 5.65. The molecule has 2 rings (SSSR count). The van der Waals surface area contributed by atoms with Crippen molar-refractivity contribution in [1.29, 1.82) is 0 Å². The molecule has 1 aromatic heterocycles. The molecule has 1 fully saturated rings. The summed E-state index contributed by atoms with van der Waals surface area (Å²) < 4.78 is 26.4. The maximum absolute atomic E-state index is 12.5. The van der Waals surface area contributed by atoms with Gasteiger partial charge in [0, 0.05) is 19.3 Å². The Morgan fingerprint density at radius 1 is 1.47 bits per heavy atom. The van der Waals surface area contributed by atoms with E-state index in [1.807, 2.05) is 0 Å². The molecule has 1 saturated heterocycles. The largest absolute Gasteiger partial charge is 0.383 e. The summed E-state index contributed by atoms with van der Waals surface area (Å²) in [7, 11) is -2.08. The van der Waals surface area contributed by atoms with E-state index in [0.29, 0.717) is 0 Å². The fourth-order valence-corrected chi connectivity index (χ4v) is 3.89. The second-order valence-electron chi connectivity index (χ2n) is 4.54. The third-order valence-corrected chi connectivity index (χ3v) is 5.47. The zero-order chi connectivity index (χ0) is 14.0. The van der Waals surface area contributed by atoms with E-state index in [-0.39, 0.29) is 21.8 Å². The molecular weight excluding hydrogens is 288 g/mol. The van der Waals surface area contributed by atoms with E-state index in [4.69, 9.17) is 17.3 Å². The zero-order valence-corrected chi connectivity index (χ0v) is 12.2. The van der Waals surface area contributed by atoms with Crippen LogP contribution in [0, 0.1) is 0 Å². The number of nitrogens with two attached hydrogens (primary N) is 1. The maximum Gasteiger partial charge on any atom is 0.246 e. The standard InChI is InChI=1S/C11H17ClN4O2S/c1-16(9-2-4-14-5-3-9)19(17,18)10-6-8(12)7-15-11(10)13/h6-7,9,14H,2-5H2,1H3,(H2,13,15). The lowest BCUT2D eigenvalue weighted by atomic mass is 10.1. The van der Waals surface area contributed by atoms with Crippen LogP contribution >= 0.6 is 11.6 Å². The third-order valence-electron chi connectivity index (χ3n) is 3.33. The van der Waals surface area contributed by atoms with E-state index in [9.17, 15) is 8.42 Å². The summed E-state index contributed by atoms with van der Waals surface area (Å²) in [5, 5.41) is 3.46. The monoisotopic (exact) mass is 304 g/mol. The van der Waals surface area contributed by atoms with Crippen molar-refractivity contribution in [3.63, 3.8) is 0 Å². The number of piperidine rings is 1. The first kappa shape index (κ1) is 14.5. The summed E-state index contributed by atoms with van der Waals surface area (Å²) in [6.07, 6.45) is 2.90. The SMILES string of the molecule is CN(C1CCNCC1)S(=O)(=O)c1cc(Cl)cnc1N. The number of aromatic nitrogens is 1. The van der Waals surface area contributed by atoms with Crippen LogP contribution in [0.1, 0.15) is 12.8 Å². The highest BCUT2D eigenvalue weighted by atomic mass is 35.5. The Bertz CT molecular complexity index is 558. The normalized spacial score (nSPS) is 17.8. The summed E-state index contributed by atoms with van der Waals surface area (Å²) in [6, 6.07) is 1.32. The molecule has 0 spiro atoms. The Labute approximate surface area is 118 Å². The number of hydrogen-bond donors (Lipinski definition) is 2.